The number of nitrogens with one attached hydrogen (secondary N) is 1. The number of furan rings is 1. The SMILES string of the molecule is Cc1ccc(C(=O)CC2NCC3CCCC32)o1. The molecule has 92 valence electrons. The summed E-state index contributed by atoms with van der Waals surface area (Å²) >= 11 is 0. The lowest BCUT2D eigenvalue weighted by atomic mass is 9.91. The van der Waals surface area contributed by atoms with Crippen molar-refractivity contribution < 1.29 is 9.21 Å². The second-order valence-corrected chi connectivity index (χ2v) is 5.41. The van der Waals surface area contributed by atoms with Crippen molar-refractivity contribution in [2.75, 3.05) is 6.54 Å². The van der Waals surface area contributed by atoms with Crippen molar-refractivity contribution in [1.29, 1.82) is 0 Å². The van der Waals surface area contributed by atoms with Crippen LogP contribution in [0.4, 0.5) is 0 Å². The fourth-order valence-electron chi connectivity index (χ4n) is 3.41. The topological polar surface area (TPSA) is 42.2 Å². The summed E-state index contributed by atoms with van der Waals surface area (Å²) in [5.74, 6) is 3.00. The number of aryl methyl sites for hydroxylation is 1. The van der Waals surface area contributed by atoms with Crippen LogP contribution in [0, 0.1) is 18.8 Å². The molecular formula is C14H19NO2. The lowest BCUT2D eigenvalue weighted by Crippen LogP contribution is -2.29. The first-order valence-electron chi connectivity index (χ1n) is 6.57. The van der Waals surface area contributed by atoms with Gasteiger partial charge < -0.3 is 9.73 Å². The molecule has 1 aromatic rings. The van der Waals surface area contributed by atoms with Gasteiger partial charge in [0.05, 0.1) is 0 Å². The van der Waals surface area contributed by atoms with Gasteiger partial charge in [0.1, 0.15) is 5.76 Å². The van der Waals surface area contributed by atoms with E-state index in [9.17, 15) is 4.79 Å². The zero-order valence-corrected chi connectivity index (χ0v) is 10.2. The number of Topliss-reactive ketones (excluding diaryl/α,β-unsaturated/α-hetero) is 1. The Hall–Kier alpha value is -1.09. The number of carbonyl (C=O) groups is 1. The van der Waals surface area contributed by atoms with Gasteiger partial charge in [0, 0.05) is 12.5 Å². The molecule has 3 atom stereocenters. The van der Waals surface area contributed by atoms with Gasteiger partial charge in [-0.05, 0) is 50.3 Å². The van der Waals surface area contributed by atoms with Gasteiger partial charge in [0.2, 0.25) is 0 Å². The lowest BCUT2D eigenvalue weighted by Gasteiger charge is -2.16. The van der Waals surface area contributed by atoms with E-state index in [0.29, 0.717) is 18.2 Å². The summed E-state index contributed by atoms with van der Waals surface area (Å²) in [5.41, 5.74) is 0. The van der Waals surface area contributed by atoms with E-state index >= 15 is 0 Å². The third-order valence-electron chi connectivity index (χ3n) is 4.30. The Balaban J connectivity index is 1.65. The zero-order valence-electron chi connectivity index (χ0n) is 10.2. The lowest BCUT2D eigenvalue weighted by molar-refractivity contribution is 0.0935. The molecular weight excluding hydrogens is 214 g/mol. The van der Waals surface area contributed by atoms with Crippen LogP contribution in [0.25, 0.3) is 0 Å². The fraction of sp³-hybridized carbons (Fsp3) is 0.643. The molecule has 1 saturated carbocycles. The van der Waals surface area contributed by atoms with Crippen molar-refractivity contribution in [2.45, 2.75) is 38.6 Å². The third-order valence-corrected chi connectivity index (χ3v) is 4.30. The molecule has 17 heavy (non-hydrogen) atoms. The number of hydrogen-bond donors (Lipinski definition) is 1. The van der Waals surface area contributed by atoms with Crippen molar-refractivity contribution in [3.63, 3.8) is 0 Å². The van der Waals surface area contributed by atoms with Crippen LogP contribution in [-0.4, -0.2) is 18.4 Å². The third kappa shape index (κ3) is 2.04. The van der Waals surface area contributed by atoms with Gasteiger partial charge in [-0.3, -0.25) is 4.79 Å². The quantitative estimate of drug-likeness (QED) is 0.816. The summed E-state index contributed by atoms with van der Waals surface area (Å²) in [4.78, 5) is 12.1. The first-order valence-corrected chi connectivity index (χ1v) is 6.57. The highest BCUT2D eigenvalue weighted by Crippen LogP contribution is 2.38. The fourth-order valence-corrected chi connectivity index (χ4v) is 3.41. The van der Waals surface area contributed by atoms with E-state index in [-0.39, 0.29) is 5.78 Å². The first kappa shape index (κ1) is 11.0. The average Bonchev–Trinajstić information content (AvgIpc) is 2.96. The van der Waals surface area contributed by atoms with Crippen molar-refractivity contribution >= 4 is 5.78 Å². The molecule has 1 aromatic heterocycles. The Morgan fingerprint density at radius 1 is 1.47 bits per heavy atom. The summed E-state index contributed by atoms with van der Waals surface area (Å²) < 4.78 is 5.39. The maximum Gasteiger partial charge on any atom is 0.199 e. The number of ketones is 1. The predicted molar refractivity (Wildman–Crippen MR) is 65.0 cm³/mol. The molecule has 2 heterocycles. The molecule has 1 N–H and O–H groups in total. The van der Waals surface area contributed by atoms with Gasteiger partial charge in [0.25, 0.3) is 0 Å². The minimum atomic E-state index is 0.142. The molecule has 1 aliphatic heterocycles. The van der Waals surface area contributed by atoms with Crippen molar-refractivity contribution in [1.82, 2.24) is 5.32 Å². The van der Waals surface area contributed by atoms with Gasteiger partial charge in [-0.25, -0.2) is 0 Å². The second kappa shape index (κ2) is 4.30. The molecule has 3 unspecified atom stereocenters. The van der Waals surface area contributed by atoms with Crippen LogP contribution in [-0.2, 0) is 0 Å². The molecule has 3 rings (SSSR count). The van der Waals surface area contributed by atoms with Crippen LogP contribution in [0.5, 0.6) is 0 Å². The highest BCUT2D eigenvalue weighted by molar-refractivity contribution is 5.93. The van der Waals surface area contributed by atoms with Crippen LogP contribution in [0.15, 0.2) is 16.5 Å². The van der Waals surface area contributed by atoms with Gasteiger partial charge >= 0.3 is 0 Å². The monoisotopic (exact) mass is 233 g/mol. The molecule has 0 bridgehead atoms. The molecule has 0 radical (unpaired) electrons. The molecule has 3 nitrogen and oxygen atoms in total. The highest BCUT2D eigenvalue weighted by atomic mass is 16.3. The molecule has 0 aromatic carbocycles. The van der Waals surface area contributed by atoms with Gasteiger partial charge in [-0.1, -0.05) is 6.42 Å². The summed E-state index contributed by atoms with van der Waals surface area (Å²) in [6, 6.07) is 4.02. The summed E-state index contributed by atoms with van der Waals surface area (Å²) in [6.07, 6.45) is 4.55. The minimum Gasteiger partial charge on any atom is -0.458 e. The first-order chi connectivity index (χ1) is 8.24. The van der Waals surface area contributed by atoms with Crippen LogP contribution in [0.2, 0.25) is 0 Å². The van der Waals surface area contributed by atoms with E-state index in [4.69, 9.17) is 4.42 Å². The molecule has 1 saturated heterocycles. The average molecular weight is 233 g/mol. The van der Waals surface area contributed by atoms with Crippen molar-refractivity contribution in [2.24, 2.45) is 11.8 Å². The van der Waals surface area contributed by atoms with Gasteiger partial charge in [-0.2, -0.15) is 0 Å². The summed E-state index contributed by atoms with van der Waals surface area (Å²) in [6.45, 7) is 2.97. The van der Waals surface area contributed by atoms with Crippen LogP contribution >= 0.6 is 0 Å². The molecule has 0 spiro atoms. The Morgan fingerprint density at radius 2 is 2.35 bits per heavy atom. The predicted octanol–water partition coefficient (Wildman–Crippen LogP) is 2.55. The highest BCUT2D eigenvalue weighted by Gasteiger charge is 2.39. The Bertz CT molecular complexity index is 424. The van der Waals surface area contributed by atoms with E-state index in [1.165, 1.54) is 19.3 Å². The van der Waals surface area contributed by atoms with Gasteiger partial charge in [-0.15, -0.1) is 0 Å². The number of hydrogen-bond acceptors (Lipinski definition) is 3. The number of rotatable bonds is 3. The standard InChI is InChI=1S/C14H19NO2/c1-9-5-6-14(17-9)13(16)7-12-11-4-2-3-10(11)8-15-12/h5-6,10-12,15H,2-4,7-8H2,1H3. The number of fused-ring (bicyclic) bond motifs is 1. The Kier molecular flexibility index (Phi) is 2.79. The van der Waals surface area contributed by atoms with E-state index in [0.717, 1.165) is 24.1 Å². The summed E-state index contributed by atoms with van der Waals surface area (Å²) in [5, 5.41) is 3.50. The van der Waals surface area contributed by atoms with Crippen LogP contribution in [0.1, 0.15) is 42.0 Å². The Labute approximate surface area is 102 Å². The normalized spacial score (nSPS) is 31.7. The minimum absolute atomic E-state index is 0.142. The zero-order chi connectivity index (χ0) is 11.8. The second-order valence-electron chi connectivity index (χ2n) is 5.41. The number of carbonyl (C=O) groups excluding carboxylic acids is 1. The van der Waals surface area contributed by atoms with E-state index in [1.807, 2.05) is 13.0 Å². The summed E-state index contributed by atoms with van der Waals surface area (Å²) in [7, 11) is 0. The maximum absolute atomic E-state index is 12.1. The van der Waals surface area contributed by atoms with E-state index in [1.54, 1.807) is 6.07 Å². The molecule has 2 fully saturated rings. The van der Waals surface area contributed by atoms with E-state index < -0.39 is 0 Å². The smallest absolute Gasteiger partial charge is 0.199 e. The van der Waals surface area contributed by atoms with Crippen molar-refractivity contribution in [3.8, 4) is 0 Å². The largest absolute Gasteiger partial charge is 0.458 e. The van der Waals surface area contributed by atoms with Crippen molar-refractivity contribution in [3.05, 3.63) is 23.7 Å². The molecule has 2 aliphatic rings. The van der Waals surface area contributed by atoms with Gasteiger partial charge in [0.15, 0.2) is 11.5 Å². The van der Waals surface area contributed by atoms with Crippen LogP contribution in [0.3, 0.4) is 0 Å². The molecule has 0 amide bonds. The molecule has 3 heteroatoms. The van der Waals surface area contributed by atoms with Crippen LogP contribution < -0.4 is 5.32 Å². The Morgan fingerprint density at radius 3 is 3.12 bits per heavy atom. The van der Waals surface area contributed by atoms with E-state index in [2.05, 4.69) is 5.32 Å². The maximum atomic E-state index is 12.1. The molecule has 1 aliphatic carbocycles.